The molecule has 112 valence electrons. The van der Waals surface area contributed by atoms with E-state index in [4.69, 9.17) is 0 Å². The van der Waals surface area contributed by atoms with Crippen LogP contribution in [0.5, 0.6) is 0 Å². The molecule has 0 spiro atoms. The molecule has 1 aromatic rings. The highest BCUT2D eigenvalue weighted by molar-refractivity contribution is 6.05. The molecule has 1 saturated carbocycles. The van der Waals surface area contributed by atoms with E-state index >= 15 is 0 Å². The van der Waals surface area contributed by atoms with Crippen LogP contribution in [0.15, 0.2) is 18.2 Å². The van der Waals surface area contributed by atoms with Gasteiger partial charge in [-0.3, -0.25) is 9.59 Å². The van der Waals surface area contributed by atoms with E-state index in [1.807, 2.05) is 0 Å². The molecule has 0 bridgehead atoms. The Morgan fingerprint density at radius 1 is 1.38 bits per heavy atom. The maximum absolute atomic E-state index is 12.2. The quantitative estimate of drug-likeness (QED) is 0.888. The third kappa shape index (κ3) is 2.87. The number of alkyl halides is 2. The molecule has 2 amide bonds. The summed E-state index contributed by atoms with van der Waals surface area (Å²) >= 11 is 0. The Labute approximate surface area is 119 Å². The van der Waals surface area contributed by atoms with Crippen molar-refractivity contribution in [3.05, 3.63) is 29.3 Å². The van der Waals surface area contributed by atoms with E-state index in [-0.39, 0.29) is 24.3 Å². The average molecular weight is 296 g/mol. The summed E-state index contributed by atoms with van der Waals surface area (Å²) in [6, 6.07) is 4.93. The van der Waals surface area contributed by atoms with Gasteiger partial charge in [-0.2, -0.15) is 8.78 Å². The molecular weight excluding hydrogens is 282 g/mol. The summed E-state index contributed by atoms with van der Waals surface area (Å²) < 4.78 is 28.4. The molecule has 1 fully saturated rings. The van der Waals surface area contributed by atoms with Gasteiger partial charge in [-0.05, 0) is 30.5 Å². The number of carbonyl (C=O) groups is 2. The highest BCUT2D eigenvalue weighted by atomic mass is 19.3. The number of fused-ring (bicyclic) bond motifs is 1. The van der Waals surface area contributed by atoms with Gasteiger partial charge in [0.15, 0.2) is 0 Å². The van der Waals surface area contributed by atoms with Crippen molar-refractivity contribution in [2.24, 2.45) is 0 Å². The van der Waals surface area contributed by atoms with Crippen molar-refractivity contribution in [1.82, 2.24) is 5.32 Å². The number of amides is 2. The largest absolute Gasteiger partial charge is 0.349 e. The zero-order valence-corrected chi connectivity index (χ0v) is 11.1. The van der Waals surface area contributed by atoms with Gasteiger partial charge in [0.2, 0.25) is 5.91 Å². The van der Waals surface area contributed by atoms with Crippen LogP contribution in [0.2, 0.25) is 0 Å². The second-order valence-electron chi connectivity index (χ2n) is 5.22. The van der Waals surface area contributed by atoms with Crippen LogP contribution in [0.4, 0.5) is 14.5 Å². The fraction of sp³-hybridized carbons (Fsp3) is 0.429. The normalized spacial score (nSPS) is 23.5. The van der Waals surface area contributed by atoms with E-state index in [0.29, 0.717) is 29.7 Å². The van der Waals surface area contributed by atoms with E-state index in [0.717, 1.165) is 0 Å². The molecule has 1 aliphatic heterocycles. The first kappa shape index (κ1) is 13.9. The molecule has 3 rings (SSSR count). The fourth-order valence-corrected chi connectivity index (χ4v) is 2.67. The molecule has 0 saturated heterocycles. The van der Waals surface area contributed by atoms with Gasteiger partial charge in [0.1, 0.15) is 0 Å². The molecule has 5 nitrogen and oxygen atoms in total. The van der Waals surface area contributed by atoms with Crippen LogP contribution in [0.25, 0.3) is 0 Å². The summed E-state index contributed by atoms with van der Waals surface area (Å²) in [4.78, 5) is 23.6. The van der Waals surface area contributed by atoms with Crippen molar-refractivity contribution in [2.75, 3.05) is 5.32 Å². The zero-order chi connectivity index (χ0) is 15.0. The predicted molar refractivity (Wildman–Crippen MR) is 70.1 cm³/mol. The Morgan fingerprint density at radius 3 is 2.86 bits per heavy atom. The number of halogens is 2. The third-order valence-corrected chi connectivity index (χ3v) is 3.76. The van der Waals surface area contributed by atoms with Crippen molar-refractivity contribution in [3.63, 3.8) is 0 Å². The highest BCUT2D eigenvalue weighted by Crippen LogP contribution is 2.28. The standard InChI is InChI=1S/C14H14F2N2O3/c15-14(16)21-8-4-7(5-8)17-13(20)9-2-1-3-11-10(9)6-12(19)18-11/h1-3,7-8,14H,4-6H2,(H,17,20)(H,18,19). The maximum atomic E-state index is 12.2. The van der Waals surface area contributed by atoms with E-state index in [2.05, 4.69) is 15.4 Å². The molecular formula is C14H14F2N2O3. The molecule has 1 heterocycles. The van der Waals surface area contributed by atoms with E-state index < -0.39 is 12.7 Å². The smallest absolute Gasteiger partial charge is 0.345 e. The van der Waals surface area contributed by atoms with Gasteiger partial charge in [-0.15, -0.1) is 0 Å². The Bertz CT molecular complexity index is 586. The van der Waals surface area contributed by atoms with Gasteiger partial charge in [0, 0.05) is 17.3 Å². The fourth-order valence-electron chi connectivity index (χ4n) is 2.67. The van der Waals surface area contributed by atoms with Crippen molar-refractivity contribution in [2.45, 2.75) is 38.0 Å². The van der Waals surface area contributed by atoms with Crippen molar-refractivity contribution < 1.29 is 23.1 Å². The van der Waals surface area contributed by atoms with E-state index in [1.54, 1.807) is 18.2 Å². The van der Waals surface area contributed by atoms with Crippen LogP contribution in [-0.2, 0) is 16.0 Å². The molecule has 7 heteroatoms. The summed E-state index contributed by atoms with van der Waals surface area (Å²) in [5.41, 5.74) is 1.78. The number of hydrogen-bond acceptors (Lipinski definition) is 3. The molecule has 1 aromatic carbocycles. The molecule has 0 radical (unpaired) electrons. The number of hydrogen-bond donors (Lipinski definition) is 2. The van der Waals surface area contributed by atoms with Crippen LogP contribution in [-0.4, -0.2) is 30.6 Å². The van der Waals surface area contributed by atoms with Gasteiger partial charge in [0.05, 0.1) is 12.5 Å². The van der Waals surface area contributed by atoms with E-state index in [9.17, 15) is 18.4 Å². The molecule has 0 unspecified atom stereocenters. The average Bonchev–Trinajstić information content (AvgIpc) is 2.75. The van der Waals surface area contributed by atoms with Gasteiger partial charge >= 0.3 is 6.61 Å². The number of ether oxygens (including phenoxy) is 1. The van der Waals surface area contributed by atoms with Crippen LogP contribution < -0.4 is 10.6 Å². The summed E-state index contributed by atoms with van der Waals surface area (Å²) in [5, 5.41) is 5.46. The van der Waals surface area contributed by atoms with Gasteiger partial charge < -0.3 is 15.4 Å². The van der Waals surface area contributed by atoms with Crippen LogP contribution in [0.3, 0.4) is 0 Å². The van der Waals surface area contributed by atoms with Crippen LogP contribution in [0.1, 0.15) is 28.8 Å². The number of nitrogens with one attached hydrogen (secondary N) is 2. The first-order chi connectivity index (χ1) is 10.0. The summed E-state index contributed by atoms with van der Waals surface area (Å²) in [5.74, 6) is -0.428. The topological polar surface area (TPSA) is 67.4 Å². The predicted octanol–water partition coefficient (Wildman–Crippen LogP) is 1.68. The van der Waals surface area contributed by atoms with Crippen molar-refractivity contribution in [1.29, 1.82) is 0 Å². The lowest BCUT2D eigenvalue weighted by atomic mass is 9.89. The molecule has 0 atom stereocenters. The molecule has 1 aliphatic carbocycles. The second kappa shape index (κ2) is 5.40. The highest BCUT2D eigenvalue weighted by Gasteiger charge is 2.34. The summed E-state index contributed by atoms with van der Waals surface area (Å²) in [6.45, 7) is -2.78. The Balaban J connectivity index is 1.61. The van der Waals surface area contributed by atoms with Crippen LogP contribution >= 0.6 is 0 Å². The first-order valence-corrected chi connectivity index (χ1v) is 6.69. The van der Waals surface area contributed by atoms with Gasteiger partial charge in [-0.1, -0.05) is 6.07 Å². The summed E-state index contributed by atoms with van der Waals surface area (Å²) in [7, 11) is 0. The van der Waals surface area contributed by atoms with Crippen molar-refractivity contribution >= 4 is 17.5 Å². The van der Waals surface area contributed by atoms with Crippen molar-refractivity contribution in [3.8, 4) is 0 Å². The molecule has 2 N–H and O–H groups in total. The number of rotatable bonds is 4. The van der Waals surface area contributed by atoms with Crippen LogP contribution in [0, 0.1) is 0 Å². The first-order valence-electron chi connectivity index (χ1n) is 6.69. The molecule has 0 aromatic heterocycles. The Kier molecular flexibility index (Phi) is 3.59. The lowest BCUT2D eigenvalue weighted by Gasteiger charge is -2.35. The van der Waals surface area contributed by atoms with Gasteiger partial charge in [-0.25, -0.2) is 0 Å². The minimum Gasteiger partial charge on any atom is -0.349 e. The molecule has 2 aliphatic rings. The SMILES string of the molecule is O=C1Cc2c(cccc2C(=O)NC2CC(OC(F)F)C2)N1. The van der Waals surface area contributed by atoms with E-state index in [1.165, 1.54) is 0 Å². The number of anilines is 1. The summed E-state index contributed by atoms with van der Waals surface area (Å²) in [6.07, 6.45) is 0.436. The number of carbonyl (C=O) groups excluding carboxylic acids is 2. The number of benzene rings is 1. The zero-order valence-electron chi connectivity index (χ0n) is 11.1. The minimum absolute atomic E-state index is 0.140. The third-order valence-electron chi connectivity index (χ3n) is 3.76. The maximum Gasteiger partial charge on any atom is 0.345 e. The Morgan fingerprint density at radius 2 is 2.14 bits per heavy atom. The monoisotopic (exact) mass is 296 g/mol. The Hall–Kier alpha value is -2.02. The minimum atomic E-state index is -2.78. The lowest BCUT2D eigenvalue weighted by molar-refractivity contribution is -0.184. The van der Waals surface area contributed by atoms with Gasteiger partial charge in [0.25, 0.3) is 5.91 Å². The molecule has 21 heavy (non-hydrogen) atoms. The second-order valence-corrected chi connectivity index (χ2v) is 5.22. The lowest BCUT2D eigenvalue weighted by Crippen LogP contribution is -2.48.